The van der Waals surface area contributed by atoms with Crippen LogP contribution >= 0.6 is 15.9 Å². The Bertz CT molecular complexity index is 743. The number of hydrogen-bond donors (Lipinski definition) is 1. The van der Waals surface area contributed by atoms with Crippen molar-refractivity contribution in [2.24, 2.45) is 0 Å². The van der Waals surface area contributed by atoms with Crippen molar-refractivity contribution in [3.63, 3.8) is 0 Å². The molecule has 1 aromatic carbocycles. The summed E-state index contributed by atoms with van der Waals surface area (Å²) in [6, 6.07) is 10.1. The van der Waals surface area contributed by atoms with Gasteiger partial charge in [0.1, 0.15) is 5.82 Å². The molecule has 0 spiro atoms. The lowest BCUT2D eigenvalue weighted by Crippen LogP contribution is -2.06. The van der Waals surface area contributed by atoms with Crippen LogP contribution in [0.25, 0.3) is 10.9 Å². The molecule has 0 bridgehead atoms. The van der Waals surface area contributed by atoms with E-state index in [0.717, 1.165) is 26.6 Å². The van der Waals surface area contributed by atoms with Gasteiger partial charge >= 0.3 is 0 Å². The van der Waals surface area contributed by atoms with Crippen LogP contribution in [0.2, 0.25) is 0 Å². The van der Waals surface area contributed by atoms with E-state index < -0.39 is 0 Å². The minimum atomic E-state index is 0.640. The van der Waals surface area contributed by atoms with Crippen molar-refractivity contribution in [1.29, 1.82) is 0 Å². The number of nitrogens with two attached hydrogens (primary N) is 1. The molecule has 2 heterocycles. The summed E-state index contributed by atoms with van der Waals surface area (Å²) in [4.78, 5) is 4.36. The summed E-state index contributed by atoms with van der Waals surface area (Å²) >= 11 is 3.44. The maximum absolute atomic E-state index is 6.03. The Morgan fingerprint density at radius 2 is 2.05 bits per heavy atom. The molecule has 0 radical (unpaired) electrons. The average Bonchev–Trinajstić information content (AvgIpc) is 2.67. The Morgan fingerprint density at radius 1 is 1.26 bits per heavy atom. The molecule has 0 aliphatic rings. The third-order valence-corrected chi connectivity index (χ3v) is 4.13. The van der Waals surface area contributed by atoms with Gasteiger partial charge in [0.05, 0.1) is 22.2 Å². The first-order valence-electron chi connectivity index (χ1n) is 5.98. The number of fused-ring (bicyclic) bond motifs is 1. The number of rotatable bonds is 2. The van der Waals surface area contributed by atoms with Crippen molar-refractivity contribution in [3.05, 3.63) is 52.3 Å². The highest BCUT2D eigenvalue weighted by atomic mass is 79.9. The van der Waals surface area contributed by atoms with Crippen molar-refractivity contribution >= 4 is 32.7 Å². The lowest BCUT2D eigenvalue weighted by molar-refractivity contribution is 0.692. The van der Waals surface area contributed by atoms with Crippen LogP contribution in [0.3, 0.4) is 0 Å². The van der Waals surface area contributed by atoms with Gasteiger partial charge in [-0.1, -0.05) is 18.2 Å². The number of benzene rings is 1. The van der Waals surface area contributed by atoms with Gasteiger partial charge in [-0.2, -0.15) is 5.10 Å². The van der Waals surface area contributed by atoms with Crippen LogP contribution in [0.4, 0.5) is 5.82 Å². The summed E-state index contributed by atoms with van der Waals surface area (Å²) in [5.41, 5.74) is 9.08. The summed E-state index contributed by atoms with van der Waals surface area (Å²) in [6.07, 6.45) is 1.82. The van der Waals surface area contributed by atoms with Crippen LogP contribution in [-0.4, -0.2) is 14.8 Å². The molecule has 0 saturated heterocycles. The Hall–Kier alpha value is -1.88. The molecule has 19 heavy (non-hydrogen) atoms. The molecular weight excluding hydrogens is 304 g/mol. The second-order valence-corrected chi connectivity index (χ2v) is 5.22. The van der Waals surface area contributed by atoms with Crippen molar-refractivity contribution < 1.29 is 0 Å². The number of halogens is 1. The fourth-order valence-corrected chi connectivity index (χ4v) is 2.44. The lowest BCUT2D eigenvalue weighted by atomic mass is 10.1. The predicted octanol–water partition coefficient (Wildman–Crippen LogP) is 3.13. The molecule has 0 fully saturated rings. The van der Waals surface area contributed by atoms with Crippen molar-refractivity contribution in [3.8, 4) is 0 Å². The molecule has 96 valence electrons. The smallest absolute Gasteiger partial charge is 0.136 e. The van der Waals surface area contributed by atoms with Gasteiger partial charge in [0.15, 0.2) is 0 Å². The number of aryl methyl sites for hydroxylation is 1. The summed E-state index contributed by atoms with van der Waals surface area (Å²) in [7, 11) is 0. The summed E-state index contributed by atoms with van der Waals surface area (Å²) < 4.78 is 2.67. The SMILES string of the molecule is Cc1nn(Cc2ccnc3ccccc23)c(N)c1Br. The van der Waals surface area contributed by atoms with Gasteiger partial charge in [-0.15, -0.1) is 0 Å². The molecule has 3 aromatic rings. The molecule has 0 atom stereocenters. The number of pyridine rings is 1. The van der Waals surface area contributed by atoms with Crippen LogP contribution in [0.1, 0.15) is 11.3 Å². The van der Waals surface area contributed by atoms with Gasteiger partial charge in [-0.05, 0) is 40.5 Å². The predicted molar refractivity (Wildman–Crippen MR) is 79.9 cm³/mol. The van der Waals surface area contributed by atoms with E-state index in [1.807, 2.05) is 37.4 Å². The molecule has 4 nitrogen and oxygen atoms in total. The van der Waals surface area contributed by atoms with Crippen LogP contribution in [0.15, 0.2) is 41.0 Å². The summed E-state index contributed by atoms with van der Waals surface area (Å²) in [5, 5.41) is 5.57. The average molecular weight is 317 g/mol. The Kier molecular flexibility index (Phi) is 2.98. The largest absolute Gasteiger partial charge is 0.383 e. The van der Waals surface area contributed by atoms with E-state index in [-0.39, 0.29) is 0 Å². The van der Waals surface area contributed by atoms with Gasteiger partial charge in [0.25, 0.3) is 0 Å². The number of para-hydroxylation sites is 1. The standard InChI is InChI=1S/C14H13BrN4/c1-9-13(15)14(16)19(18-9)8-10-6-7-17-12-5-3-2-4-11(10)12/h2-7H,8,16H2,1H3. The molecule has 3 rings (SSSR count). The maximum Gasteiger partial charge on any atom is 0.136 e. The molecule has 2 N–H and O–H groups in total. The number of nitrogens with zero attached hydrogens (tertiary/aromatic N) is 3. The van der Waals surface area contributed by atoms with Gasteiger partial charge in [0, 0.05) is 11.6 Å². The monoisotopic (exact) mass is 316 g/mol. The van der Waals surface area contributed by atoms with E-state index in [0.29, 0.717) is 12.4 Å². The Labute approximate surface area is 119 Å². The molecule has 0 amide bonds. The van der Waals surface area contributed by atoms with Crippen LogP contribution in [0, 0.1) is 6.92 Å². The van der Waals surface area contributed by atoms with E-state index in [1.165, 1.54) is 0 Å². The van der Waals surface area contributed by atoms with Crippen molar-refractivity contribution in [2.45, 2.75) is 13.5 Å². The van der Waals surface area contributed by atoms with Crippen LogP contribution < -0.4 is 5.73 Å². The Morgan fingerprint density at radius 3 is 2.79 bits per heavy atom. The fourth-order valence-electron chi connectivity index (χ4n) is 2.15. The lowest BCUT2D eigenvalue weighted by Gasteiger charge is -2.07. The zero-order valence-corrected chi connectivity index (χ0v) is 12.1. The molecule has 0 saturated carbocycles. The molecular formula is C14H13BrN4. The summed E-state index contributed by atoms with van der Waals surface area (Å²) in [5.74, 6) is 0.651. The van der Waals surface area contributed by atoms with E-state index in [9.17, 15) is 0 Å². The third-order valence-electron chi connectivity index (χ3n) is 3.15. The quantitative estimate of drug-likeness (QED) is 0.790. The maximum atomic E-state index is 6.03. The van der Waals surface area contributed by atoms with Gasteiger partial charge in [0.2, 0.25) is 0 Å². The highest BCUT2D eigenvalue weighted by Crippen LogP contribution is 2.25. The van der Waals surface area contributed by atoms with E-state index in [2.05, 4.69) is 32.1 Å². The van der Waals surface area contributed by atoms with E-state index in [4.69, 9.17) is 5.73 Å². The first-order valence-corrected chi connectivity index (χ1v) is 6.77. The Balaban J connectivity index is 2.08. The highest BCUT2D eigenvalue weighted by molar-refractivity contribution is 9.10. The minimum Gasteiger partial charge on any atom is -0.383 e. The molecule has 0 aliphatic heterocycles. The van der Waals surface area contributed by atoms with Crippen molar-refractivity contribution in [1.82, 2.24) is 14.8 Å². The molecule has 0 aliphatic carbocycles. The number of nitrogen functional groups attached to an aromatic ring is 1. The summed E-state index contributed by atoms with van der Waals surface area (Å²) in [6.45, 7) is 2.57. The number of aromatic nitrogens is 3. The van der Waals surface area contributed by atoms with E-state index >= 15 is 0 Å². The third kappa shape index (κ3) is 2.10. The first kappa shape index (κ1) is 12.2. The van der Waals surface area contributed by atoms with Gasteiger partial charge in [-0.25, -0.2) is 4.68 Å². The molecule has 0 unspecified atom stereocenters. The van der Waals surface area contributed by atoms with Crippen molar-refractivity contribution in [2.75, 3.05) is 5.73 Å². The molecule has 5 heteroatoms. The number of anilines is 1. The molecule has 2 aromatic heterocycles. The zero-order valence-electron chi connectivity index (χ0n) is 10.5. The van der Waals surface area contributed by atoms with Crippen LogP contribution in [0.5, 0.6) is 0 Å². The highest BCUT2D eigenvalue weighted by Gasteiger charge is 2.11. The first-order chi connectivity index (χ1) is 9.16. The zero-order chi connectivity index (χ0) is 13.4. The van der Waals surface area contributed by atoms with Crippen LogP contribution in [-0.2, 0) is 6.54 Å². The normalized spacial score (nSPS) is 11.1. The van der Waals surface area contributed by atoms with Gasteiger partial charge in [-0.3, -0.25) is 4.98 Å². The fraction of sp³-hybridized carbons (Fsp3) is 0.143. The van der Waals surface area contributed by atoms with E-state index in [1.54, 1.807) is 4.68 Å². The van der Waals surface area contributed by atoms with Gasteiger partial charge < -0.3 is 5.73 Å². The second-order valence-electron chi connectivity index (χ2n) is 4.43. The topological polar surface area (TPSA) is 56.7 Å². The minimum absolute atomic E-state index is 0.640. The second kappa shape index (κ2) is 4.66. The number of hydrogen-bond acceptors (Lipinski definition) is 3.